The Kier molecular flexibility index (Phi) is 8.83. The van der Waals surface area contributed by atoms with Gasteiger partial charge in [-0.15, -0.1) is 0 Å². The van der Waals surface area contributed by atoms with E-state index in [9.17, 15) is 0 Å². The maximum absolute atomic E-state index is 6.78. The monoisotopic (exact) mass is 960 g/mol. The van der Waals surface area contributed by atoms with Gasteiger partial charge in [0, 0.05) is 6.20 Å². The van der Waals surface area contributed by atoms with Crippen LogP contribution in [0.25, 0.3) is 50.0 Å². The van der Waals surface area contributed by atoms with Crippen molar-refractivity contribution < 1.29 is 24.1 Å². The number of aromatic nitrogens is 5. The predicted molar refractivity (Wildman–Crippen MR) is 240 cm³/mol. The summed E-state index contributed by atoms with van der Waals surface area (Å²) >= 11 is 2.44. The van der Waals surface area contributed by atoms with Gasteiger partial charge in [0.25, 0.3) is 0 Å². The number of ether oxygens (including phenoxy) is 1. The molecule has 8 aromatic rings. The summed E-state index contributed by atoms with van der Waals surface area (Å²) in [5.74, 6) is 2.31. The number of pyridine rings is 2. The van der Waals surface area contributed by atoms with Crippen LogP contribution in [-0.4, -0.2) is 23.7 Å². The van der Waals surface area contributed by atoms with Crippen LogP contribution in [0, 0.1) is 9.22 Å². The zero-order valence-electron chi connectivity index (χ0n) is 36.4. The average Bonchev–Trinajstić information content (AvgIpc) is 3.70. The van der Waals surface area contributed by atoms with Crippen LogP contribution in [0.1, 0.15) is 105 Å². The summed E-state index contributed by atoms with van der Waals surface area (Å²) in [7, 11) is 0. The van der Waals surface area contributed by atoms with Crippen LogP contribution in [0.2, 0.25) is 0 Å². The van der Waals surface area contributed by atoms with Crippen LogP contribution in [0.15, 0.2) is 116 Å². The van der Waals surface area contributed by atoms with E-state index in [1.807, 2.05) is 12.4 Å². The van der Waals surface area contributed by atoms with Crippen molar-refractivity contribution in [1.29, 1.82) is 0 Å². The van der Waals surface area contributed by atoms with Crippen LogP contribution in [0.5, 0.6) is 11.5 Å². The molecule has 59 heavy (non-hydrogen) atoms. The van der Waals surface area contributed by atoms with Crippen molar-refractivity contribution in [3.63, 3.8) is 0 Å². The van der Waals surface area contributed by atoms with Gasteiger partial charge >= 0.3 is 248 Å². The second-order valence-corrected chi connectivity index (χ2v) is 21.1. The van der Waals surface area contributed by atoms with Crippen molar-refractivity contribution >= 4 is 32.8 Å². The van der Waals surface area contributed by atoms with Crippen molar-refractivity contribution in [3.8, 4) is 28.7 Å². The summed E-state index contributed by atoms with van der Waals surface area (Å²) in [6.07, 6.45) is 5.66. The third kappa shape index (κ3) is 5.95. The molecule has 4 aromatic heterocycles. The maximum atomic E-state index is 6.78. The van der Waals surface area contributed by atoms with Gasteiger partial charge < -0.3 is 0 Å². The summed E-state index contributed by atoms with van der Waals surface area (Å²) in [4.78, 5) is 9.75. The SMILES string of the molecule is CC(C)(C)c1ccc(-n2[c](=[Pt])n(-c3cncc(Oc4ccc5c6c7c(ccc6n(-c6cc(C(C)(C)C)ccn6)c5c4)C(C)(C)C(C)(C)C7(C)C)c3)c3ccccc32)cc1. The van der Waals surface area contributed by atoms with E-state index in [4.69, 9.17) is 14.7 Å². The topological polar surface area (TPSA) is 49.8 Å². The van der Waals surface area contributed by atoms with E-state index >= 15 is 0 Å². The molecule has 0 saturated carbocycles. The Morgan fingerprint density at radius 2 is 1.24 bits per heavy atom. The van der Waals surface area contributed by atoms with E-state index in [0.717, 1.165) is 48.8 Å². The van der Waals surface area contributed by atoms with Crippen molar-refractivity contribution in [2.75, 3.05) is 0 Å². The fourth-order valence-electron chi connectivity index (χ4n) is 9.44. The number of nitrogens with zero attached hydrogens (tertiary/aromatic N) is 5. The minimum absolute atomic E-state index is 0.0149. The van der Waals surface area contributed by atoms with Gasteiger partial charge in [0.2, 0.25) is 0 Å². The zero-order chi connectivity index (χ0) is 42.0. The van der Waals surface area contributed by atoms with Gasteiger partial charge in [0.1, 0.15) is 0 Å². The van der Waals surface area contributed by atoms with Crippen LogP contribution >= 0.6 is 0 Å². The Bertz CT molecular complexity index is 3030. The fraction of sp³-hybridized carbons (Fsp3) is 0.327. The Hall–Kier alpha value is -5.06. The van der Waals surface area contributed by atoms with E-state index in [-0.39, 0.29) is 27.1 Å². The molecule has 4 aromatic carbocycles. The van der Waals surface area contributed by atoms with Crippen molar-refractivity contribution in [1.82, 2.24) is 23.7 Å². The Morgan fingerprint density at radius 3 is 1.90 bits per heavy atom. The number of hydrogen-bond acceptors (Lipinski definition) is 3. The van der Waals surface area contributed by atoms with Crippen LogP contribution < -0.4 is 4.74 Å². The van der Waals surface area contributed by atoms with Gasteiger partial charge in [-0.2, -0.15) is 0 Å². The second-order valence-electron chi connectivity index (χ2n) is 20.1. The molecular weight excluding hydrogens is 906 g/mol. The summed E-state index contributed by atoms with van der Waals surface area (Å²) in [5.41, 5.74) is 11.9. The average molecular weight is 961 g/mol. The van der Waals surface area contributed by atoms with Gasteiger partial charge in [-0.05, 0) is 38.9 Å². The number of benzene rings is 4. The molecule has 0 amide bonds. The molecule has 7 heteroatoms. The summed E-state index contributed by atoms with van der Waals surface area (Å²) < 4.78 is 14.7. The van der Waals surface area contributed by atoms with Crippen molar-refractivity contribution in [2.24, 2.45) is 5.41 Å². The molecule has 304 valence electrons. The molecule has 1 aliphatic rings. The van der Waals surface area contributed by atoms with E-state index in [1.165, 1.54) is 33.0 Å². The van der Waals surface area contributed by atoms with Crippen molar-refractivity contribution in [3.05, 3.63) is 142 Å². The number of rotatable bonds is 5. The van der Waals surface area contributed by atoms with E-state index < -0.39 is 0 Å². The molecule has 0 radical (unpaired) electrons. The van der Waals surface area contributed by atoms with Gasteiger partial charge in [-0.1, -0.05) is 68.4 Å². The number of fused-ring (bicyclic) bond motifs is 6. The van der Waals surface area contributed by atoms with Gasteiger partial charge in [-0.25, -0.2) is 0 Å². The molecule has 0 unspecified atom stereocenters. The van der Waals surface area contributed by atoms with E-state index in [2.05, 4.69) is 213 Å². The standard InChI is InChI=1S/C52H55N5O.Pt/c1-48(2,3)33-17-19-35(20-18-33)55-32-56(42-16-14-13-15-41(42)55)36-28-38(31-53-30-36)58-37-21-22-39-44(29-37)57(45-27-34(25-26-54-45)49(4,5)6)43-24-23-40-47(46(39)43)51(9,10)52(11,12)50(40,7)8;/h13-31H,1-12H3;. The number of imidazole rings is 1. The van der Waals surface area contributed by atoms with Gasteiger partial charge in [0.05, 0.1) is 0 Å². The molecule has 1 aliphatic carbocycles. The first-order chi connectivity index (χ1) is 27.7. The molecule has 0 aliphatic heterocycles. The van der Waals surface area contributed by atoms with Crippen LogP contribution in [0.3, 0.4) is 0 Å². The van der Waals surface area contributed by atoms with Gasteiger partial charge in [0.15, 0.2) is 0 Å². The Balaban J connectivity index is 1.19. The summed E-state index contributed by atoms with van der Waals surface area (Å²) in [6, 6.07) is 35.2. The Morgan fingerprint density at radius 1 is 0.576 bits per heavy atom. The third-order valence-corrected chi connectivity index (χ3v) is 15.1. The van der Waals surface area contributed by atoms with Crippen LogP contribution in [0.4, 0.5) is 0 Å². The first-order valence-corrected chi connectivity index (χ1v) is 21.9. The number of hydrogen-bond donors (Lipinski definition) is 0. The van der Waals surface area contributed by atoms with Gasteiger partial charge in [-0.3, -0.25) is 0 Å². The molecule has 0 fully saturated rings. The third-order valence-electron chi connectivity index (χ3n) is 14.1. The summed E-state index contributed by atoms with van der Waals surface area (Å²) in [6.45, 7) is 28.1. The van der Waals surface area contributed by atoms with Crippen LogP contribution in [-0.2, 0) is 41.0 Å². The predicted octanol–water partition coefficient (Wildman–Crippen LogP) is 13.4. The number of para-hydroxylation sites is 2. The minimum atomic E-state index is -0.0827. The molecule has 0 atom stereocenters. The first kappa shape index (κ1) is 39.4. The van der Waals surface area contributed by atoms with E-state index in [0.29, 0.717) is 5.75 Å². The molecule has 0 saturated heterocycles. The Labute approximate surface area is 359 Å². The van der Waals surface area contributed by atoms with E-state index in [1.54, 1.807) is 6.20 Å². The van der Waals surface area contributed by atoms with Crippen molar-refractivity contribution in [2.45, 2.75) is 105 Å². The fourth-order valence-corrected chi connectivity index (χ4v) is 10.6. The first-order valence-electron chi connectivity index (χ1n) is 20.7. The molecule has 6 nitrogen and oxygen atoms in total. The molecule has 0 N–H and O–H groups in total. The normalized spacial score (nSPS) is 16.0. The molecular formula is C52H55N5OPt. The molecule has 9 rings (SSSR count). The quantitative estimate of drug-likeness (QED) is 0.173. The zero-order valence-corrected chi connectivity index (χ0v) is 38.7. The molecule has 0 spiro atoms. The second kappa shape index (κ2) is 13.2. The molecule has 4 heterocycles. The summed E-state index contributed by atoms with van der Waals surface area (Å²) in [5, 5.41) is 2.50. The molecule has 0 bridgehead atoms.